The maximum Gasteiger partial charge on any atom is 0.123 e. The van der Waals surface area contributed by atoms with Crippen molar-refractivity contribution >= 4 is 0 Å². The van der Waals surface area contributed by atoms with Gasteiger partial charge in [0.2, 0.25) is 0 Å². The standard InChI is InChI=1S/C18H20F2N2/c19-15-5-1-13(2-6-15)18(14-3-7-16(20)8-4-14)22-11-9-17(21)10-12-22/h1-8,17-18H,9-12,21H2. The molecule has 0 aromatic heterocycles. The van der Waals surface area contributed by atoms with Gasteiger partial charge in [-0.25, -0.2) is 8.78 Å². The lowest BCUT2D eigenvalue weighted by molar-refractivity contribution is 0.175. The average Bonchev–Trinajstić information content (AvgIpc) is 2.53. The van der Waals surface area contributed by atoms with Gasteiger partial charge in [0.05, 0.1) is 6.04 Å². The fourth-order valence-corrected chi connectivity index (χ4v) is 3.08. The Kier molecular flexibility index (Phi) is 4.50. The number of benzene rings is 2. The molecular formula is C18H20F2N2. The van der Waals surface area contributed by atoms with Gasteiger partial charge >= 0.3 is 0 Å². The Bertz CT molecular complexity index is 556. The lowest BCUT2D eigenvalue weighted by atomic mass is 9.94. The van der Waals surface area contributed by atoms with E-state index in [1.165, 1.54) is 24.3 Å². The summed E-state index contributed by atoms with van der Waals surface area (Å²) in [5, 5.41) is 0. The van der Waals surface area contributed by atoms with Crippen molar-refractivity contribution in [1.29, 1.82) is 0 Å². The number of hydrogen-bond donors (Lipinski definition) is 1. The van der Waals surface area contributed by atoms with Crippen LogP contribution in [0.25, 0.3) is 0 Å². The zero-order chi connectivity index (χ0) is 15.5. The van der Waals surface area contributed by atoms with Gasteiger partial charge < -0.3 is 5.73 Å². The highest BCUT2D eigenvalue weighted by Crippen LogP contribution is 2.31. The number of nitrogens with two attached hydrogens (primary N) is 1. The molecule has 0 radical (unpaired) electrons. The molecule has 0 spiro atoms. The van der Waals surface area contributed by atoms with E-state index in [2.05, 4.69) is 4.90 Å². The molecule has 0 atom stereocenters. The smallest absolute Gasteiger partial charge is 0.123 e. The molecule has 0 aliphatic carbocycles. The minimum absolute atomic E-state index is 0.00806. The Morgan fingerprint density at radius 1 is 0.818 bits per heavy atom. The molecule has 0 bridgehead atoms. The summed E-state index contributed by atoms with van der Waals surface area (Å²) in [5.74, 6) is -0.496. The lowest BCUT2D eigenvalue weighted by Gasteiger charge is -2.37. The molecule has 1 heterocycles. The molecule has 0 saturated carbocycles. The summed E-state index contributed by atoms with van der Waals surface area (Å²) >= 11 is 0. The molecule has 22 heavy (non-hydrogen) atoms. The first kappa shape index (κ1) is 15.1. The van der Waals surface area contributed by atoms with Crippen LogP contribution in [-0.4, -0.2) is 24.0 Å². The first-order valence-corrected chi connectivity index (χ1v) is 7.64. The number of rotatable bonds is 3. The largest absolute Gasteiger partial charge is 0.328 e. The van der Waals surface area contributed by atoms with E-state index in [9.17, 15) is 8.78 Å². The van der Waals surface area contributed by atoms with E-state index in [4.69, 9.17) is 5.73 Å². The van der Waals surface area contributed by atoms with Crippen molar-refractivity contribution in [2.24, 2.45) is 5.73 Å². The van der Waals surface area contributed by atoms with Crippen LogP contribution in [-0.2, 0) is 0 Å². The van der Waals surface area contributed by atoms with E-state index < -0.39 is 0 Å². The van der Waals surface area contributed by atoms with E-state index in [1.54, 1.807) is 24.3 Å². The minimum atomic E-state index is -0.248. The van der Waals surface area contributed by atoms with E-state index in [-0.39, 0.29) is 23.7 Å². The van der Waals surface area contributed by atoms with Gasteiger partial charge in [-0.2, -0.15) is 0 Å². The predicted octanol–water partition coefficient (Wildman–Crippen LogP) is 3.48. The van der Waals surface area contributed by atoms with Gasteiger partial charge in [-0.1, -0.05) is 24.3 Å². The van der Waals surface area contributed by atoms with Crippen molar-refractivity contribution in [2.45, 2.75) is 24.9 Å². The molecule has 1 fully saturated rings. The maximum absolute atomic E-state index is 13.2. The van der Waals surface area contributed by atoms with Crippen LogP contribution in [0.15, 0.2) is 48.5 Å². The number of nitrogens with zero attached hydrogens (tertiary/aromatic N) is 1. The van der Waals surface area contributed by atoms with E-state index in [0.29, 0.717) is 0 Å². The third-order valence-electron chi connectivity index (χ3n) is 4.31. The van der Waals surface area contributed by atoms with Crippen LogP contribution < -0.4 is 5.73 Å². The first-order chi connectivity index (χ1) is 10.6. The van der Waals surface area contributed by atoms with E-state index in [0.717, 1.165) is 37.1 Å². The number of likely N-dealkylation sites (tertiary alicyclic amines) is 1. The molecule has 1 aliphatic rings. The third-order valence-corrected chi connectivity index (χ3v) is 4.31. The Balaban J connectivity index is 1.94. The van der Waals surface area contributed by atoms with Crippen molar-refractivity contribution in [2.75, 3.05) is 13.1 Å². The fourth-order valence-electron chi connectivity index (χ4n) is 3.08. The molecule has 116 valence electrons. The Morgan fingerprint density at radius 3 is 1.64 bits per heavy atom. The van der Waals surface area contributed by atoms with Crippen molar-refractivity contribution < 1.29 is 8.78 Å². The predicted molar refractivity (Wildman–Crippen MR) is 83.4 cm³/mol. The van der Waals surface area contributed by atoms with Crippen LogP contribution in [0.4, 0.5) is 8.78 Å². The van der Waals surface area contributed by atoms with Gasteiger partial charge in [0.1, 0.15) is 11.6 Å². The highest BCUT2D eigenvalue weighted by Gasteiger charge is 2.26. The maximum atomic E-state index is 13.2. The summed E-state index contributed by atoms with van der Waals surface area (Å²) in [6.07, 6.45) is 1.89. The van der Waals surface area contributed by atoms with E-state index in [1.807, 2.05) is 0 Å². The second kappa shape index (κ2) is 6.55. The van der Waals surface area contributed by atoms with Gasteiger partial charge in [-0.15, -0.1) is 0 Å². The molecular weight excluding hydrogens is 282 g/mol. The van der Waals surface area contributed by atoms with Crippen LogP contribution in [0, 0.1) is 11.6 Å². The lowest BCUT2D eigenvalue weighted by Crippen LogP contribution is -2.41. The summed E-state index contributed by atoms with van der Waals surface area (Å²) in [7, 11) is 0. The second-order valence-electron chi connectivity index (χ2n) is 5.88. The molecule has 2 nitrogen and oxygen atoms in total. The number of piperidine rings is 1. The zero-order valence-electron chi connectivity index (χ0n) is 12.4. The van der Waals surface area contributed by atoms with Gasteiger partial charge in [-0.05, 0) is 48.2 Å². The Labute approximate surface area is 129 Å². The third kappa shape index (κ3) is 3.34. The normalized spacial score (nSPS) is 17.1. The van der Waals surface area contributed by atoms with Crippen molar-refractivity contribution in [3.8, 4) is 0 Å². The zero-order valence-corrected chi connectivity index (χ0v) is 12.4. The Morgan fingerprint density at radius 2 is 1.23 bits per heavy atom. The molecule has 1 saturated heterocycles. The molecule has 2 aromatic rings. The van der Waals surface area contributed by atoms with Crippen LogP contribution in [0.1, 0.15) is 30.0 Å². The van der Waals surface area contributed by atoms with Crippen LogP contribution in [0.2, 0.25) is 0 Å². The van der Waals surface area contributed by atoms with Crippen molar-refractivity contribution in [3.05, 3.63) is 71.3 Å². The molecule has 2 aromatic carbocycles. The first-order valence-electron chi connectivity index (χ1n) is 7.64. The monoisotopic (exact) mass is 302 g/mol. The molecule has 1 aliphatic heterocycles. The van der Waals surface area contributed by atoms with Gasteiger partial charge in [0.15, 0.2) is 0 Å². The van der Waals surface area contributed by atoms with Gasteiger partial charge in [-0.3, -0.25) is 4.90 Å². The second-order valence-corrected chi connectivity index (χ2v) is 5.88. The summed E-state index contributed by atoms with van der Waals surface area (Å²) < 4.78 is 26.4. The quantitative estimate of drug-likeness (QED) is 0.940. The summed E-state index contributed by atoms with van der Waals surface area (Å²) in [5.41, 5.74) is 8.02. The average molecular weight is 302 g/mol. The molecule has 4 heteroatoms. The highest BCUT2D eigenvalue weighted by molar-refractivity contribution is 5.32. The summed E-state index contributed by atoms with van der Waals surface area (Å²) in [4.78, 5) is 2.34. The minimum Gasteiger partial charge on any atom is -0.328 e. The molecule has 0 unspecified atom stereocenters. The van der Waals surface area contributed by atoms with Crippen molar-refractivity contribution in [1.82, 2.24) is 4.90 Å². The molecule has 0 amide bonds. The van der Waals surface area contributed by atoms with Crippen LogP contribution in [0.5, 0.6) is 0 Å². The summed E-state index contributed by atoms with van der Waals surface area (Å²) in [6.45, 7) is 1.78. The van der Waals surface area contributed by atoms with Crippen molar-refractivity contribution in [3.63, 3.8) is 0 Å². The molecule has 3 rings (SSSR count). The SMILES string of the molecule is NC1CCN(C(c2ccc(F)cc2)c2ccc(F)cc2)CC1. The van der Waals surface area contributed by atoms with Gasteiger partial charge in [0, 0.05) is 19.1 Å². The Hall–Kier alpha value is -1.78. The molecule has 2 N–H and O–H groups in total. The summed E-state index contributed by atoms with van der Waals surface area (Å²) in [6, 6.07) is 13.4. The number of halogens is 2. The van der Waals surface area contributed by atoms with E-state index >= 15 is 0 Å². The fraction of sp³-hybridized carbons (Fsp3) is 0.333. The topological polar surface area (TPSA) is 29.3 Å². The van der Waals surface area contributed by atoms with Crippen LogP contribution >= 0.6 is 0 Å². The highest BCUT2D eigenvalue weighted by atomic mass is 19.1. The van der Waals surface area contributed by atoms with Gasteiger partial charge in [0.25, 0.3) is 0 Å². The number of hydrogen-bond acceptors (Lipinski definition) is 2. The van der Waals surface area contributed by atoms with Crippen LogP contribution in [0.3, 0.4) is 0 Å².